The van der Waals surface area contributed by atoms with Gasteiger partial charge in [-0.2, -0.15) is 0 Å². The number of anilines is 1. The molecule has 2 aromatic carbocycles. The van der Waals surface area contributed by atoms with Crippen molar-refractivity contribution in [3.05, 3.63) is 47.5 Å². The SMILES string of the molecule is COc1cc(C(=O)O)c(C(=O)O)cc1NS(=O)c1ccccc1OC(F)(F)F. The molecule has 0 heterocycles. The van der Waals surface area contributed by atoms with Gasteiger partial charge in [0, 0.05) is 0 Å². The number of halogens is 3. The van der Waals surface area contributed by atoms with E-state index in [9.17, 15) is 32.1 Å². The van der Waals surface area contributed by atoms with Crippen LogP contribution in [0.15, 0.2) is 41.3 Å². The van der Waals surface area contributed by atoms with E-state index in [0.717, 1.165) is 31.4 Å². The quantitative estimate of drug-likeness (QED) is 0.630. The first-order chi connectivity index (χ1) is 13.0. The second-order valence-electron chi connectivity index (χ2n) is 5.07. The number of nitrogens with one attached hydrogen (secondary N) is 1. The van der Waals surface area contributed by atoms with Crippen LogP contribution in [0.2, 0.25) is 0 Å². The maximum atomic E-state index is 12.5. The normalized spacial score (nSPS) is 12.1. The molecule has 2 rings (SSSR count). The summed E-state index contributed by atoms with van der Waals surface area (Å²) < 4.78 is 61.1. The van der Waals surface area contributed by atoms with Crippen LogP contribution in [-0.2, 0) is 11.0 Å². The number of benzene rings is 2. The maximum absolute atomic E-state index is 12.5. The average molecular weight is 419 g/mol. The third-order valence-corrected chi connectivity index (χ3v) is 4.42. The number of alkyl halides is 3. The highest BCUT2D eigenvalue weighted by atomic mass is 32.2. The van der Waals surface area contributed by atoms with E-state index in [-0.39, 0.29) is 16.3 Å². The van der Waals surface area contributed by atoms with E-state index in [1.165, 1.54) is 12.1 Å². The van der Waals surface area contributed by atoms with Gasteiger partial charge in [-0.15, -0.1) is 13.2 Å². The summed E-state index contributed by atoms with van der Waals surface area (Å²) in [7, 11) is -1.18. The van der Waals surface area contributed by atoms with Gasteiger partial charge in [-0.1, -0.05) is 12.1 Å². The number of rotatable bonds is 7. The third-order valence-electron chi connectivity index (χ3n) is 3.28. The molecule has 0 aliphatic carbocycles. The van der Waals surface area contributed by atoms with Crippen LogP contribution in [0.1, 0.15) is 20.7 Å². The fraction of sp³-hybridized carbons (Fsp3) is 0.125. The number of aromatic carboxylic acids is 2. The first-order valence-corrected chi connectivity index (χ1v) is 8.40. The number of carboxylic acid groups (broad SMARTS) is 2. The number of para-hydroxylation sites is 1. The Morgan fingerprint density at radius 3 is 2.14 bits per heavy atom. The summed E-state index contributed by atoms with van der Waals surface area (Å²) in [6.07, 6.45) is -5.02. The minimum absolute atomic E-state index is 0.176. The molecule has 28 heavy (non-hydrogen) atoms. The summed E-state index contributed by atoms with van der Waals surface area (Å²) in [6, 6.07) is 6.38. The second-order valence-corrected chi connectivity index (χ2v) is 6.26. The molecule has 0 bridgehead atoms. The molecule has 1 atom stereocenters. The molecular weight excluding hydrogens is 407 g/mol. The van der Waals surface area contributed by atoms with Crippen molar-refractivity contribution in [2.75, 3.05) is 11.8 Å². The fourth-order valence-corrected chi connectivity index (χ4v) is 3.11. The van der Waals surface area contributed by atoms with Crippen LogP contribution in [-0.4, -0.2) is 39.8 Å². The zero-order valence-electron chi connectivity index (χ0n) is 13.9. The number of hydrogen-bond donors (Lipinski definition) is 3. The minimum atomic E-state index is -5.02. The molecule has 0 spiro atoms. The molecule has 8 nitrogen and oxygen atoms in total. The van der Waals surface area contributed by atoms with Gasteiger partial charge in [-0.05, 0) is 24.3 Å². The lowest BCUT2D eigenvalue weighted by Gasteiger charge is -2.16. The lowest BCUT2D eigenvalue weighted by Crippen LogP contribution is -2.19. The standard InChI is InChI=1S/C16H12F3NO7S/c1-26-12-7-9(15(23)24)8(14(21)22)6-10(12)20-28(25)13-5-3-2-4-11(13)27-16(17,18)19/h2-7,20H,1H3,(H,21,22)(H,23,24). The molecule has 2 aromatic rings. The number of ether oxygens (including phenoxy) is 2. The van der Waals surface area contributed by atoms with Crippen molar-refractivity contribution in [3.63, 3.8) is 0 Å². The van der Waals surface area contributed by atoms with Gasteiger partial charge in [0.25, 0.3) is 0 Å². The van der Waals surface area contributed by atoms with Crippen molar-refractivity contribution in [2.45, 2.75) is 11.3 Å². The van der Waals surface area contributed by atoms with E-state index < -0.39 is 46.2 Å². The largest absolute Gasteiger partial charge is 0.573 e. The van der Waals surface area contributed by atoms with E-state index in [0.29, 0.717) is 0 Å². The Morgan fingerprint density at radius 2 is 1.61 bits per heavy atom. The smallest absolute Gasteiger partial charge is 0.495 e. The van der Waals surface area contributed by atoms with Crippen molar-refractivity contribution < 1.29 is 46.7 Å². The van der Waals surface area contributed by atoms with Crippen LogP contribution in [0.4, 0.5) is 18.9 Å². The van der Waals surface area contributed by atoms with Gasteiger partial charge in [0.1, 0.15) is 16.4 Å². The summed E-state index contributed by atoms with van der Waals surface area (Å²) in [5, 5.41) is 18.3. The summed E-state index contributed by atoms with van der Waals surface area (Å²) >= 11 is 0. The maximum Gasteiger partial charge on any atom is 0.573 e. The van der Waals surface area contributed by atoms with E-state index in [1.54, 1.807) is 0 Å². The molecule has 0 fully saturated rings. The van der Waals surface area contributed by atoms with Crippen molar-refractivity contribution in [1.82, 2.24) is 0 Å². The van der Waals surface area contributed by atoms with Crippen molar-refractivity contribution in [1.29, 1.82) is 0 Å². The number of carbonyl (C=O) groups is 2. The molecule has 0 amide bonds. The third kappa shape index (κ3) is 4.91. The lowest BCUT2D eigenvalue weighted by molar-refractivity contribution is -0.275. The van der Waals surface area contributed by atoms with E-state index in [2.05, 4.69) is 9.46 Å². The summed E-state index contributed by atoms with van der Waals surface area (Å²) in [6.45, 7) is 0. The molecule has 0 aromatic heterocycles. The Bertz CT molecular complexity index is 946. The van der Waals surface area contributed by atoms with Gasteiger partial charge >= 0.3 is 18.3 Å². The fourth-order valence-electron chi connectivity index (χ4n) is 2.15. The molecule has 0 saturated heterocycles. The number of carboxylic acids is 2. The van der Waals surface area contributed by atoms with Crippen molar-refractivity contribution in [3.8, 4) is 11.5 Å². The topological polar surface area (TPSA) is 122 Å². The number of methoxy groups -OCH3 is 1. The Balaban J connectivity index is 2.46. The van der Waals surface area contributed by atoms with Crippen LogP contribution in [0.3, 0.4) is 0 Å². The number of hydrogen-bond acceptors (Lipinski definition) is 5. The predicted molar refractivity (Wildman–Crippen MR) is 90.1 cm³/mol. The highest BCUT2D eigenvalue weighted by molar-refractivity contribution is 7.86. The molecule has 0 saturated carbocycles. The molecular formula is C16H12F3NO7S. The van der Waals surface area contributed by atoms with Crippen molar-refractivity contribution in [2.24, 2.45) is 0 Å². The van der Waals surface area contributed by atoms with E-state index in [4.69, 9.17) is 9.84 Å². The summed E-state index contributed by atoms with van der Waals surface area (Å²) in [5.74, 6) is -4.01. The molecule has 1 unspecified atom stereocenters. The summed E-state index contributed by atoms with van der Waals surface area (Å²) in [4.78, 5) is 22.1. The Hall–Kier alpha value is -3.28. The molecule has 0 aliphatic heterocycles. The zero-order chi connectivity index (χ0) is 21.1. The van der Waals surface area contributed by atoms with E-state index in [1.807, 2.05) is 0 Å². The van der Waals surface area contributed by atoms with Crippen LogP contribution in [0.5, 0.6) is 11.5 Å². The van der Waals surface area contributed by atoms with Crippen molar-refractivity contribution >= 4 is 28.6 Å². The first-order valence-electron chi connectivity index (χ1n) is 7.25. The van der Waals surface area contributed by atoms with E-state index >= 15 is 0 Å². The highest BCUT2D eigenvalue weighted by Gasteiger charge is 2.33. The Morgan fingerprint density at radius 1 is 1.04 bits per heavy atom. The Labute approximate surface area is 158 Å². The molecule has 3 N–H and O–H groups in total. The molecule has 0 radical (unpaired) electrons. The first kappa shape index (κ1) is 21.0. The minimum Gasteiger partial charge on any atom is -0.495 e. The van der Waals surface area contributed by atoms with Gasteiger partial charge in [0.2, 0.25) is 0 Å². The highest BCUT2D eigenvalue weighted by Crippen LogP contribution is 2.33. The monoisotopic (exact) mass is 419 g/mol. The van der Waals surface area contributed by atoms with Crippen LogP contribution in [0, 0.1) is 0 Å². The molecule has 0 aliphatic rings. The van der Waals surface area contributed by atoms with Gasteiger partial charge in [-0.25, -0.2) is 13.8 Å². The zero-order valence-corrected chi connectivity index (χ0v) is 14.8. The van der Waals surface area contributed by atoms with Crippen LogP contribution in [0.25, 0.3) is 0 Å². The average Bonchev–Trinajstić information content (AvgIpc) is 2.60. The van der Waals surface area contributed by atoms with Gasteiger partial charge < -0.3 is 19.7 Å². The predicted octanol–water partition coefficient (Wildman–Crippen LogP) is 3.12. The Kier molecular flexibility index (Phi) is 6.13. The van der Waals surface area contributed by atoms with Gasteiger partial charge in [-0.3, -0.25) is 4.72 Å². The lowest BCUT2D eigenvalue weighted by atomic mass is 10.1. The van der Waals surface area contributed by atoms with Crippen LogP contribution < -0.4 is 14.2 Å². The molecule has 12 heteroatoms. The second kappa shape index (κ2) is 8.17. The van der Waals surface area contributed by atoms with Gasteiger partial charge in [0.05, 0.1) is 23.9 Å². The van der Waals surface area contributed by atoms with Crippen LogP contribution >= 0.6 is 0 Å². The summed E-state index contributed by atoms with van der Waals surface area (Å²) in [5.41, 5.74) is -1.42. The molecule has 150 valence electrons. The van der Waals surface area contributed by atoms with Gasteiger partial charge in [0.15, 0.2) is 11.0 Å².